The highest BCUT2D eigenvalue weighted by Gasteiger charge is 2.50. The van der Waals surface area contributed by atoms with Gasteiger partial charge < -0.3 is 0 Å². The van der Waals surface area contributed by atoms with Gasteiger partial charge in [0.1, 0.15) is 0 Å². The molecule has 2 N–H and O–H groups in total. The zero-order valence-corrected chi connectivity index (χ0v) is 14.1. The minimum atomic E-state index is -0.712. The molecule has 2 aromatic carbocycles. The van der Waals surface area contributed by atoms with E-state index in [4.69, 9.17) is 0 Å². The first kappa shape index (κ1) is 16.0. The van der Waals surface area contributed by atoms with Gasteiger partial charge in [0.05, 0.1) is 23.2 Å². The Balaban J connectivity index is 1.63. The van der Waals surface area contributed by atoms with E-state index in [1.54, 1.807) is 0 Å². The van der Waals surface area contributed by atoms with Crippen LogP contribution in [-0.2, 0) is 9.59 Å². The van der Waals surface area contributed by atoms with Crippen LogP contribution in [0.15, 0.2) is 85.2 Å². The fourth-order valence-electron chi connectivity index (χ4n) is 3.34. The van der Waals surface area contributed by atoms with E-state index >= 15 is 0 Å². The standard InChI is InChI=1S/C20H18N4O2/c1-13-17(19(25)23(21-13)15-9-5-3-6-10-15)18-14(2)22-24(20(18)26)16-11-7-4-8-12-16/h3-12,17-18,21-22H,1-2H2. The number of hydrogen-bond donors (Lipinski definition) is 2. The van der Waals surface area contributed by atoms with Crippen molar-refractivity contribution in [2.24, 2.45) is 11.8 Å². The van der Waals surface area contributed by atoms with Gasteiger partial charge in [0.25, 0.3) is 11.8 Å². The summed E-state index contributed by atoms with van der Waals surface area (Å²) in [5, 5.41) is 2.86. The second-order valence-electron chi connectivity index (χ2n) is 6.25. The van der Waals surface area contributed by atoms with Crippen LogP contribution in [0.5, 0.6) is 0 Å². The second-order valence-corrected chi connectivity index (χ2v) is 6.25. The Morgan fingerprint density at radius 2 is 1.00 bits per heavy atom. The molecule has 6 nitrogen and oxygen atoms in total. The second kappa shape index (κ2) is 6.07. The lowest BCUT2D eigenvalue weighted by molar-refractivity contribution is -0.127. The van der Waals surface area contributed by atoms with Crippen molar-refractivity contribution in [2.45, 2.75) is 0 Å². The third kappa shape index (κ3) is 2.43. The Morgan fingerprint density at radius 3 is 1.35 bits per heavy atom. The number of carbonyl (C=O) groups is 2. The molecule has 0 aromatic heterocycles. The zero-order chi connectivity index (χ0) is 18.3. The van der Waals surface area contributed by atoms with Crippen molar-refractivity contribution in [2.75, 3.05) is 10.0 Å². The smallest absolute Gasteiger partial charge is 0.255 e. The van der Waals surface area contributed by atoms with Crippen LogP contribution in [0.4, 0.5) is 11.4 Å². The first-order valence-electron chi connectivity index (χ1n) is 8.27. The summed E-state index contributed by atoms with van der Waals surface area (Å²) in [7, 11) is 0. The Labute approximate surface area is 151 Å². The Hall–Kier alpha value is -3.54. The molecular formula is C20H18N4O2. The topological polar surface area (TPSA) is 64.7 Å². The number of nitrogens with one attached hydrogen (secondary N) is 2. The van der Waals surface area contributed by atoms with Crippen LogP contribution in [-0.4, -0.2) is 11.8 Å². The van der Waals surface area contributed by atoms with Crippen LogP contribution < -0.4 is 20.9 Å². The lowest BCUT2D eigenvalue weighted by atomic mass is 9.88. The number of benzene rings is 2. The van der Waals surface area contributed by atoms with Gasteiger partial charge >= 0.3 is 0 Å². The predicted molar refractivity (Wildman–Crippen MR) is 99.4 cm³/mol. The van der Waals surface area contributed by atoms with Gasteiger partial charge in [-0.3, -0.25) is 20.4 Å². The first-order chi connectivity index (χ1) is 12.6. The van der Waals surface area contributed by atoms with Crippen LogP contribution in [0.2, 0.25) is 0 Å². The maximum absolute atomic E-state index is 13.0. The third-order valence-electron chi connectivity index (χ3n) is 4.60. The van der Waals surface area contributed by atoms with E-state index < -0.39 is 11.8 Å². The summed E-state index contributed by atoms with van der Waals surface area (Å²) >= 11 is 0. The number of nitrogens with zero attached hydrogens (tertiary/aromatic N) is 2. The molecule has 6 heteroatoms. The highest BCUT2D eigenvalue weighted by Crippen LogP contribution is 2.37. The normalized spacial score (nSPS) is 22.6. The molecule has 2 heterocycles. The lowest BCUT2D eigenvalue weighted by Crippen LogP contribution is -2.37. The van der Waals surface area contributed by atoms with Crippen molar-refractivity contribution in [3.8, 4) is 0 Å². The molecule has 0 spiro atoms. The van der Waals surface area contributed by atoms with Gasteiger partial charge in [0.2, 0.25) is 0 Å². The maximum atomic E-state index is 13.0. The predicted octanol–water partition coefficient (Wildman–Crippen LogP) is 2.35. The quantitative estimate of drug-likeness (QED) is 0.895. The van der Waals surface area contributed by atoms with Crippen LogP contribution in [0.1, 0.15) is 0 Å². The number of para-hydroxylation sites is 2. The Kier molecular flexibility index (Phi) is 3.73. The zero-order valence-electron chi connectivity index (χ0n) is 14.1. The molecule has 2 aliphatic heterocycles. The minimum Gasteiger partial charge on any atom is -0.295 e. The molecule has 2 aromatic rings. The number of hydrazine groups is 2. The third-order valence-corrected chi connectivity index (χ3v) is 4.60. The van der Waals surface area contributed by atoms with E-state index in [0.29, 0.717) is 22.8 Å². The largest absolute Gasteiger partial charge is 0.295 e. The number of carbonyl (C=O) groups excluding carboxylic acids is 2. The Bertz CT molecular complexity index is 819. The van der Waals surface area contributed by atoms with Crippen molar-refractivity contribution in [3.05, 3.63) is 85.2 Å². The number of hydrogen-bond acceptors (Lipinski definition) is 4. The van der Waals surface area contributed by atoms with Crippen LogP contribution in [0, 0.1) is 11.8 Å². The molecule has 4 rings (SSSR count). The van der Waals surface area contributed by atoms with E-state index in [2.05, 4.69) is 24.0 Å². The molecular weight excluding hydrogens is 328 g/mol. The molecule has 2 aliphatic rings. The fourth-order valence-corrected chi connectivity index (χ4v) is 3.34. The molecule has 0 aliphatic carbocycles. The van der Waals surface area contributed by atoms with Crippen molar-refractivity contribution < 1.29 is 9.59 Å². The molecule has 2 saturated heterocycles. The summed E-state index contributed by atoms with van der Waals surface area (Å²) in [5.41, 5.74) is 8.35. The van der Waals surface area contributed by atoms with E-state index in [1.807, 2.05) is 60.7 Å². The highest BCUT2D eigenvalue weighted by molar-refractivity contribution is 6.06. The molecule has 0 bridgehead atoms. The van der Waals surface area contributed by atoms with Gasteiger partial charge in [0, 0.05) is 11.4 Å². The fraction of sp³-hybridized carbons (Fsp3) is 0.100. The van der Waals surface area contributed by atoms with E-state index in [-0.39, 0.29) is 11.8 Å². The molecule has 130 valence electrons. The monoisotopic (exact) mass is 346 g/mol. The molecule has 2 atom stereocenters. The number of anilines is 2. The van der Waals surface area contributed by atoms with Crippen molar-refractivity contribution in [1.29, 1.82) is 0 Å². The summed E-state index contributed by atoms with van der Waals surface area (Å²) < 4.78 is 0. The van der Waals surface area contributed by atoms with Crippen LogP contribution in [0.25, 0.3) is 0 Å². The lowest BCUT2D eigenvalue weighted by Gasteiger charge is -2.17. The van der Waals surface area contributed by atoms with Crippen molar-refractivity contribution >= 4 is 23.2 Å². The molecule has 0 radical (unpaired) electrons. The highest BCUT2D eigenvalue weighted by atomic mass is 16.2. The summed E-state index contributed by atoms with van der Waals surface area (Å²) in [4.78, 5) is 26.0. The van der Waals surface area contributed by atoms with E-state index in [0.717, 1.165) is 0 Å². The molecule has 2 amide bonds. The van der Waals surface area contributed by atoms with E-state index in [9.17, 15) is 9.59 Å². The van der Waals surface area contributed by atoms with Gasteiger partial charge in [-0.15, -0.1) is 0 Å². The summed E-state index contributed by atoms with van der Waals surface area (Å²) in [6, 6.07) is 18.4. The molecule has 2 fully saturated rings. The summed E-state index contributed by atoms with van der Waals surface area (Å²) in [5.74, 6) is -1.87. The maximum Gasteiger partial charge on any atom is 0.255 e. The van der Waals surface area contributed by atoms with Crippen molar-refractivity contribution in [1.82, 2.24) is 10.9 Å². The number of rotatable bonds is 3. The number of amides is 2. The van der Waals surface area contributed by atoms with Gasteiger partial charge in [-0.25, -0.2) is 10.0 Å². The SMILES string of the molecule is C=C1NN(c2ccccc2)C(=O)C1C1C(=C)NN(c2ccccc2)C1=O. The van der Waals surface area contributed by atoms with Crippen molar-refractivity contribution in [3.63, 3.8) is 0 Å². The average molecular weight is 346 g/mol. The van der Waals surface area contributed by atoms with E-state index in [1.165, 1.54) is 10.0 Å². The summed E-state index contributed by atoms with van der Waals surface area (Å²) in [6.45, 7) is 7.92. The molecule has 2 unspecified atom stereocenters. The average Bonchev–Trinajstić information content (AvgIpc) is 3.12. The van der Waals surface area contributed by atoms with Gasteiger partial charge in [-0.1, -0.05) is 49.6 Å². The first-order valence-corrected chi connectivity index (χ1v) is 8.27. The van der Waals surface area contributed by atoms with Gasteiger partial charge in [-0.2, -0.15) is 0 Å². The van der Waals surface area contributed by atoms with Gasteiger partial charge in [-0.05, 0) is 24.3 Å². The summed E-state index contributed by atoms with van der Waals surface area (Å²) in [6.07, 6.45) is 0. The van der Waals surface area contributed by atoms with Crippen LogP contribution >= 0.6 is 0 Å². The Morgan fingerprint density at radius 1 is 0.654 bits per heavy atom. The molecule has 0 saturated carbocycles. The van der Waals surface area contributed by atoms with Gasteiger partial charge in [0.15, 0.2) is 0 Å². The van der Waals surface area contributed by atoms with Crippen LogP contribution in [0.3, 0.4) is 0 Å². The molecule has 26 heavy (non-hydrogen) atoms. The minimum absolute atomic E-state index is 0.225.